The molecule has 0 radical (unpaired) electrons. The monoisotopic (exact) mass is 240 g/mol. The summed E-state index contributed by atoms with van der Waals surface area (Å²) < 4.78 is 0. The summed E-state index contributed by atoms with van der Waals surface area (Å²) >= 11 is 0. The molecule has 1 fully saturated rings. The number of benzene rings is 2. The fourth-order valence-electron chi connectivity index (χ4n) is 2.39. The van der Waals surface area contributed by atoms with Gasteiger partial charge in [0.1, 0.15) is 6.04 Å². The van der Waals surface area contributed by atoms with Crippen molar-refractivity contribution in [3.8, 4) is 0 Å². The quantitative estimate of drug-likeness (QED) is 0.776. The van der Waals surface area contributed by atoms with Crippen molar-refractivity contribution in [1.82, 2.24) is 10.2 Å². The van der Waals surface area contributed by atoms with Gasteiger partial charge in [0.2, 0.25) is 0 Å². The van der Waals surface area contributed by atoms with Crippen molar-refractivity contribution in [2.75, 3.05) is 7.05 Å². The molecule has 4 nitrogen and oxygen atoms in total. The Kier molecular flexibility index (Phi) is 2.30. The van der Waals surface area contributed by atoms with Gasteiger partial charge in [0, 0.05) is 7.05 Å². The lowest BCUT2D eigenvalue weighted by Gasteiger charge is -2.18. The molecule has 0 spiro atoms. The van der Waals surface area contributed by atoms with Gasteiger partial charge in [-0.25, -0.2) is 4.79 Å². The molecule has 3 amide bonds. The lowest BCUT2D eigenvalue weighted by atomic mass is 9.98. The van der Waals surface area contributed by atoms with Crippen LogP contribution in [-0.2, 0) is 4.79 Å². The van der Waals surface area contributed by atoms with E-state index in [1.807, 2.05) is 42.5 Å². The molecular formula is C14H12N2O2. The Labute approximate surface area is 104 Å². The van der Waals surface area contributed by atoms with Gasteiger partial charge in [0.15, 0.2) is 0 Å². The molecule has 2 aromatic carbocycles. The van der Waals surface area contributed by atoms with E-state index in [1.165, 1.54) is 4.90 Å². The number of urea groups is 1. The maximum absolute atomic E-state index is 11.9. The molecule has 90 valence electrons. The normalized spacial score (nSPS) is 19.4. The van der Waals surface area contributed by atoms with Crippen LogP contribution in [0.25, 0.3) is 10.8 Å². The Bertz CT molecular complexity index is 646. The van der Waals surface area contributed by atoms with E-state index in [9.17, 15) is 9.59 Å². The van der Waals surface area contributed by atoms with Crippen LogP contribution >= 0.6 is 0 Å². The number of hydrogen-bond donors (Lipinski definition) is 1. The minimum absolute atomic E-state index is 0.265. The highest BCUT2D eigenvalue weighted by Gasteiger charge is 2.37. The number of nitrogens with one attached hydrogen (secondary N) is 1. The summed E-state index contributed by atoms with van der Waals surface area (Å²) in [7, 11) is 1.63. The minimum atomic E-state index is -0.538. The summed E-state index contributed by atoms with van der Waals surface area (Å²) in [6.07, 6.45) is 0. The van der Waals surface area contributed by atoms with Crippen LogP contribution in [0.5, 0.6) is 0 Å². The molecule has 1 heterocycles. The van der Waals surface area contributed by atoms with Crippen molar-refractivity contribution in [3.63, 3.8) is 0 Å². The summed E-state index contributed by atoms with van der Waals surface area (Å²) in [4.78, 5) is 24.8. The molecule has 0 aliphatic carbocycles. The van der Waals surface area contributed by atoms with Crippen LogP contribution in [0.4, 0.5) is 4.79 Å². The molecule has 0 aromatic heterocycles. The molecule has 3 rings (SSSR count). The van der Waals surface area contributed by atoms with Crippen LogP contribution in [-0.4, -0.2) is 23.9 Å². The average Bonchev–Trinajstić information content (AvgIpc) is 2.63. The second kappa shape index (κ2) is 3.84. The second-order valence-corrected chi connectivity index (χ2v) is 4.38. The Balaban J connectivity index is 2.20. The molecule has 4 heteroatoms. The first-order valence-corrected chi connectivity index (χ1v) is 5.74. The van der Waals surface area contributed by atoms with Gasteiger partial charge in [0.05, 0.1) is 0 Å². The van der Waals surface area contributed by atoms with Crippen LogP contribution in [0.1, 0.15) is 11.6 Å². The zero-order valence-corrected chi connectivity index (χ0v) is 9.88. The Morgan fingerprint density at radius 2 is 1.78 bits per heavy atom. The third kappa shape index (κ3) is 1.46. The summed E-state index contributed by atoms with van der Waals surface area (Å²) in [5, 5.41) is 4.39. The largest absolute Gasteiger partial charge is 0.324 e. The van der Waals surface area contributed by atoms with Crippen LogP contribution in [0, 0.1) is 0 Å². The predicted octanol–water partition coefficient (Wildman–Crippen LogP) is 2.06. The van der Waals surface area contributed by atoms with Crippen molar-refractivity contribution >= 4 is 22.7 Å². The first-order valence-electron chi connectivity index (χ1n) is 5.74. The SMILES string of the molecule is CN1C(=O)NC(=O)[C@@H]1c1cccc2ccccc12. The number of carbonyl (C=O) groups is 2. The minimum Gasteiger partial charge on any atom is -0.311 e. The topological polar surface area (TPSA) is 49.4 Å². The number of hydrogen-bond acceptors (Lipinski definition) is 2. The molecule has 1 saturated heterocycles. The van der Waals surface area contributed by atoms with E-state index in [-0.39, 0.29) is 11.9 Å². The lowest BCUT2D eigenvalue weighted by molar-refractivity contribution is -0.121. The zero-order valence-electron chi connectivity index (χ0n) is 9.88. The van der Waals surface area contributed by atoms with Gasteiger partial charge in [-0.15, -0.1) is 0 Å². The maximum atomic E-state index is 11.9. The highest BCUT2D eigenvalue weighted by atomic mass is 16.2. The van der Waals surface area contributed by atoms with Crippen LogP contribution in [0.3, 0.4) is 0 Å². The fraction of sp³-hybridized carbons (Fsp3) is 0.143. The molecule has 0 saturated carbocycles. The zero-order chi connectivity index (χ0) is 12.7. The molecule has 1 atom stereocenters. The maximum Gasteiger partial charge on any atom is 0.324 e. The van der Waals surface area contributed by atoms with Crippen molar-refractivity contribution in [2.45, 2.75) is 6.04 Å². The van der Waals surface area contributed by atoms with Gasteiger partial charge >= 0.3 is 6.03 Å². The van der Waals surface area contributed by atoms with E-state index >= 15 is 0 Å². The van der Waals surface area contributed by atoms with E-state index in [1.54, 1.807) is 7.05 Å². The summed E-state index contributed by atoms with van der Waals surface area (Å²) in [6.45, 7) is 0. The second-order valence-electron chi connectivity index (χ2n) is 4.38. The van der Waals surface area contributed by atoms with Gasteiger partial charge in [-0.05, 0) is 16.3 Å². The molecule has 18 heavy (non-hydrogen) atoms. The lowest BCUT2D eigenvalue weighted by Crippen LogP contribution is -2.25. The van der Waals surface area contributed by atoms with Crippen LogP contribution < -0.4 is 5.32 Å². The molecule has 1 aliphatic rings. The van der Waals surface area contributed by atoms with Crippen molar-refractivity contribution in [1.29, 1.82) is 0 Å². The predicted molar refractivity (Wildman–Crippen MR) is 68.0 cm³/mol. The summed E-state index contributed by atoms with van der Waals surface area (Å²) in [6, 6.07) is 12.7. The highest BCUT2D eigenvalue weighted by Crippen LogP contribution is 2.30. The number of fused-ring (bicyclic) bond motifs is 1. The van der Waals surface area contributed by atoms with Gasteiger partial charge < -0.3 is 4.90 Å². The van der Waals surface area contributed by atoms with Crippen molar-refractivity contribution < 1.29 is 9.59 Å². The number of likely N-dealkylation sites (N-methyl/N-ethyl adjacent to an activating group) is 1. The molecular weight excluding hydrogens is 228 g/mol. The number of carbonyl (C=O) groups excluding carboxylic acids is 2. The Morgan fingerprint density at radius 3 is 2.50 bits per heavy atom. The number of rotatable bonds is 1. The van der Waals surface area contributed by atoms with Crippen LogP contribution in [0.15, 0.2) is 42.5 Å². The van der Waals surface area contributed by atoms with E-state index in [4.69, 9.17) is 0 Å². The van der Waals surface area contributed by atoms with Gasteiger partial charge in [0.25, 0.3) is 5.91 Å². The molecule has 0 bridgehead atoms. The van der Waals surface area contributed by atoms with Crippen molar-refractivity contribution in [2.24, 2.45) is 0 Å². The Morgan fingerprint density at radius 1 is 1.06 bits per heavy atom. The Hall–Kier alpha value is -2.36. The van der Waals surface area contributed by atoms with E-state index < -0.39 is 6.04 Å². The summed E-state index contributed by atoms with van der Waals surface area (Å²) in [5.74, 6) is -0.265. The third-order valence-corrected chi connectivity index (χ3v) is 3.30. The fourth-order valence-corrected chi connectivity index (χ4v) is 2.39. The summed E-state index contributed by atoms with van der Waals surface area (Å²) in [5.41, 5.74) is 0.860. The van der Waals surface area contributed by atoms with Gasteiger partial charge in [-0.3, -0.25) is 10.1 Å². The highest BCUT2D eigenvalue weighted by molar-refractivity contribution is 6.06. The van der Waals surface area contributed by atoms with Gasteiger partial charge in [-0.1, -0.05) is 42.5 Å². The number of imide groups is 1. The molecule has 1 N–H and O–H groups in total. The smallest absolute Gasteiger partial charge is 0.311 e. The average molecular weight is 240 g/mol. The van der Waals surface area contributed by atoms with Gasteiger partial charge in [-0.2, -0.15) is 0 Å². The molecule has 0 unspecified atom stereocenters. The van der Waals surface area contributed by atoms with E-state index in [0.717, 1.165) is 16.3 Å². The molecule has 1 aliphatic heterocycles. The standard InChI is InChI=1S/C14H12N2O2/c1-16-12(13(17)15-14(16)18)11-8-4-6-9-5-2-3-7-10(9)11/h2-8,12H,1H3,(H,15,17,18)/t12-/m0/s1. The van der Waals surface area contributed by atoms with Crippen molar-refractivity contribution in [3.05, 3.63) is 48.0 Å². The first kappa shape index (κ1) is 10.8. The number of amides is 3. The molecule has 2 aromatic rings. The van der Waals surface area contributed by atoms with E-state index in [0.29, 0.717) is 0 Å². The van der Waals surface area contributed by atoms with Crippen LogP contribution in [0.2, 0.25) is 0 Å². The number of nitrogens with zero attached hydrogens (tertiary/aromatic N) is 1. The first-order chi connectivity index (χ1) is 8.68. The van der Waals surface area contributed by atoms with E-state index in [2.05, 4.69) is 5.32 Å². The third-order valence-electron chi connectivity index (χ3n) is 3.30.